The zero-order valence-electron chi connectivity index (χ0n) is 21.6. The Morgan fingerprint density at radius 1 is 0.974 bits per heavy atom. The van der Waals surface area contributed by atoms with Gasteiger partial charge in [0.15, 0.2) is 0 Å². The normalized spacial score (nSPS) is 12.6. The number of carbonyl (C=O) groups is 2. The summed E-state index contributed by atoms with van der Waals surface area (Å²) in [5, 5.41) is 10.5. The Hall–Kier alpha value is -4.36. The number of carboxylic acids is 1. The Kier molecular flexibility index (Phi) is 7.52. The summed E-state index contributed by atoms with van der Waals surface area (Å²) in [5.41, 5.74) is 3.05. The number of halogens is 1. The highest BCUT2D eigenvalue weighted by Crippen LogP contribution is 2.36. The second kappa shape index (κ2) is 11.2. The molecule has 1 N–H and O–H groups in total. The van der Waals surface area contributed by atoms with Crippen molar-refractivity contribution in [3.8, 4) is 17.2 Å². The van der Waals surface area contributed by atoms with Crippen LogP contribution in [0.5, 0.6) is 17.2 Å². The molecular weight excluding hydrogens is 516 g/mol. The average Bonchev–Trinajstić information content (AvgIpc) is 3.76. The molecule has 4 aromatic rings. The number of anilines is 2. The number of rotatable bonds is 10. The van der Waals surface area contributed by atoms with E-state index in [0.717, 1.165) is 23.5 Å². The van der Waals surface area contributed by atoms with Crippen molar-refractivity contribution in [3.63, 3.8) is 0 Å². The fraction of sp³-hybridized carbons (Fsp3) is 0.194. The van der Waals surface area contributed by atoms with Crippen molar-refractivity contribution in [2.75, 3.05) is 18.6 Å². The third kappa shape index (κ3) is 6.21. The maximum Gasteiger partial charge on any atom is 0.339 e. The Balaban J connectivity index is 1.39. The van der Waals surface area contributed by atoms with Crippen LogP contribution in [0.3, 0.4) is 0 Å². The van der Waals surface area contributed by atoms with E-state index in [0.29, 0.717) is 22.4 Å². The molecule has 1 aliphatic carbocycles. The van der Waals surface area contributed by atoms with E-state index in [9.17, 15) is 14.7 Å². The molecule has 5 rings (SSSR count). The van der Waals surface area contributed by atoms with Crippen molar-refractivity contribution in [3.05, 3.63) is 106 Å². The third-order valence-electron chi connectivity index (χ3n) is 6.53. The molecule has 0 aliphatic heterocycles. The van der Waals surface area contributed by atoms with E-state index in [-0.39, 0.29) is 28.4 Å². The number of hydrogen-bond acceptors (Lipinski definition) is 6. The van der Waals surface area contributed by atoms with E-state index in [1.807, 2.05) is 43.3 Å². The van der Waals surface area contributed by atoms with E-state index in [1.54, 1.807) is 37.6 Å². The minimum atomic E-state index is -1.21. The zero-order valence-corrected chi connectivity index (χ0v) is 22.3. The molecule has 3 aromatic carbocycles. The quantitative estimate of drug-likeness (QED) is 0.210. The molecule has 1 aliphatic rings. The molecule has 0 saturated heterocycles. The van der Waals surface area contributed by atoms with Crippen molar-refractivity contribution in [1.82, 2.24) is 4.98 Å². The topological polar surface area (TPSA) is 89.0 Å². The van der Waals surface area contributed by atoms with Crippen LogP contribution >= 0.6 is 11.6 Å². The molecule has 1 heterocycles. The number of aromatic nitrogens is 1. The first-order valence-corrected chi connectivity index (χ1v) is 12.9. The number of carboxylic acid groups (broad SMARTS) is 1. The number of aryl methyl sites for hydroxylation is 1. The lowest BCUT2D eigenvalue weighted by atomic mass is 10.0. The predicted octanol–water partition coefficient (Wildman–Crippen LogP) is 7.32. The van der Waals surface area contributed by atoms with Crippen LogP contribution in [-0.2, 0) is 0 Å². The summed E-state index contributed by atoms with van der Waals surface area (Å²) in [6.45, 7) is 2.74. The summed E-state index contributed by atoms with van der Waals surface area (Å²) >= 11 is 6.08. The van der Waals surface area contributed by atoms with Gasteiger partial charge < -0.3 is 19.5 Å². The Morgan fingerprint density at radius 3 is 2.33 bits per heavy atom. The molecule has 0 atom stereocenters. The van der Waals surface area contributed by atoms with Gasteiger partial charge in [-0.2, -0.15) is 0 Å². The van der Waals surface area contributed by atoms with Crippen LogP contribution in [0.2, 0.25) is 5.02 Å². The Bertz CT molecular complexity index is 1520. The van der Waals surface area contributed by atoms with Crippen molar-refractivity contribution in [2.45, 2.75) is 19.8 Å². The first kappa shape index (κ1) is 26.3. The number of benzene rings is 3. The number of ether oxygens (including phenoxy) is 2. The molecule has 39 heavy (non-hydrogen) atoms. The summed E-state index contributed by atoms with van der Waals surface area (Å²) in [6, 6.07) is 20.8. The minimum absolute atomic E-state index is 0.119. The molecule has 1 fully saturated rings. The van der Waals surface area contributed by atoms with E-state index in [1.165, 1.54) is 25.0 Å². The van der Waals surface area contributed by atoms with E-state index >= 15 is 0 Å². The maximum absolute atomic E-state index is 13.3. The summed E-state index contributed by atoms with van der Waals surface area (Å²) < 4.78 is 11.1. The van der Waals surface area contributed by atoms with Crippen molar-refractivity contribution >= 4 is 34.7 Å². The van der Waals surface area contributed by atoms with E-state index < -0.39 is 5.97 Å². The second-order valence-corrected chi connectivity index (χ2v) is 10.0. The SMILES string of the molecule is COc1cc(C)cc(Oc2ccc(C(=O)c3ccc(N(CC4CC4)c4ccc(Cl)cc4)cn3)cc2C(=O)O)c1. The second-order valence-electron chi connectivity index (χ2n) is 9.57. The summed E-state index contributed by atoms with van der Waals surface area (Å²) in [5.74, 6) is 0.179. The zero-order chi connectivity index (χ0) is 27.5. The molecule has 0 unspecified atom stereocenters. The average molecular weight is 543 g/mol. The molecule has 0 spiro atoms. The number of ketones is 1. The van der Waals surface area contributed by atoms with Gasteiger partial charge in [0, 0.05) is 28.9 Å². The molecule has 0 radical (unpaired) electrons. The predicted molar refractivity (Wildman–Crippen MR) is 150 cm³/mol. The van der Waals surface area contributed by atoms with Gasteiger partial charge in [-0.05, 0) is 98.0 Å². The van der Waals surface area contributed by atoms with Crippen LogP contribution in [-0.4, -0.2) is 35.5 Å². The van der Waals surface area contributed by atoms with Gasteiger partial charge in [-0.3, -0.25) is 9.78 Å². The highest BCUT2D eigenvalue weighted by molar-refractivity contribution is 6.30. The lowest BCUT2D eigenvalue weighted by Gasteiger charge is -2.25. The monoisotopic (exact) mass is 542 g/mol. The third-order valence-corrected chi connectivity index (χ3v) is 6.78. The van der Waals surface area contributed by atoms with Gasteiger partial charge in [0.2, 0.25) is 5.78 Å². The van der Waals surface area contributed by atoms with Crippen LogP contribution in [0.1, 0.15) is 44.8 Å². The van der Waals surface area contributed by atoms with Crippen LogP contribution in [0.15, 0.2) is 79.0 Å². The summed E-state index contributed by atoms with van der Waals surface area (Å²) in [7, 11) is 1.55. The van der Waals surface area contributed by atoms with E-state index in [4.69, 9.17) is 21.1 Å². The molecule has 7 nitrogen and oxygen atoms in total. The number of carbonyl (C=O) groups excluding carboxylic acids is 1. The Labute approximate surface area is 231 Å². The molecule has 1 saturated carbocycles. The largest absolute Gasteiger partial charge is 0.497 e. The number of hydrogen-bond donors (Lipinski definition) is 1. The first-order valence-electron chi connectivity index (χ1n) is 12.6. The molecular formula is C31H27ClN2O5. The van der Waals surface area contributed by atoms with Crippen molar-refractivity contribution in [1.29, 1.82) is 0 Å². The first-order chi connectivity index (χ1) is 18.8. The Morgan fingerprint density at radius 2 is 1.69 bits per heavy atom. The fourth-order valence-electron chi connectivity index (χ4n) is 4.31. The van der Waals surface area contributed by atoms with E-state index in [2.05, 4.69) is 9.88 Å². The highest BCUT2D eigenvalue weighted by atomic mass is 35.5. The lowest BCUT2D eigenvalue weighted by Crippen LogP contribution is -2.20. The van der Waals surface area contributed by atoms with Crippen LogP contribution in [0.25, 0.3) is 0 Å². The molecule has 0 bridgehead atoms. The van der Waals surface area contributed by atoms with Crippen LogP contribution in [0, 0.1) is 12.8 Å². The standard InChI is InChI=1S/C31H27ClN2O5/c1-19-13-25(38-2)16-26(14-19)39-29-12-5-21(15-27(29)31(36)37)30(35)28-11-10-24(17-33-28)34(18-20-3-4-20)23-8-6-22(32)7-9-23/h5-17,20H,3-4,18H2,1-2H3,(H,36,37). The van der Waals surface area contributed by atoms with Gasteiger partial charge in [0.1, 0.15) is 28.5 Å². The number of pyridine rings is 1. The molecule has 1 aromatic heterocycles. The number of aromatic carboxylic acids is 1. The molecule has 0 amide bonds. The van der Waals surface area contributed by atoms with Crippen LogP contribution in [0.4, 0.5) is 11.4 Å². The van der Waals surface area contributed by atoms with Gasteiger partial charge in [0.05, 0.1) is 19.0 Å². The highest BCUT2D eigenvalue weighted by Gasteiger charge is 2.26. The van der Waals surface area contributed by atoms with Gasteiger partial charge in [-0.25, -0.2) is 4.79 Å². The number of methoxy groups -OCH3 is 1. The van der Waals surface area contributed by atoms with Gasteiger partial charge in [-0.1, -0.05) is 11.6 Å². The summed E-state index contributed by atoms with van der Waals surface area (Å²) in [4.78, 5) is 31.9. The lowest BCUT2D eigenvalue weighted by molar-refractivity contribution is 0.0694. The van der Waals surface area contributed by atoms with Crippen molar-refractivity contribution in [2.24, 2.45) is 5.92 Å². The van der Waals surface area contributed by atoms with Crippen molar-refractivity contribution < 1.29 is 24.2 Å². The van der Waals surface area contributed by atoms with Crippen LogP contribution < -0.4 is 14.4 Å². The smallest absolute Gasteiger partial charge is 0.339 e. The van der Waals surface area contributed by atoms with Gasteiger partial charge in [-0.15, -0.1) is 0 Å². The van der Waals surface area contributed by atoms with Gasteiger partial charge in [0.25, 0.3) is 0 Å². The summed E-state index contributed by atoms with van der Waals surface area (Å²) in [6.07, 6.45) is 4.05. The molecule has 198 valence electrons. The maximum atomic E-state index is 13.3. The number of nitrogens with zero attached hydrogens (tertiary/aromatic N) is 2. The molecule has 8 heteroatoms. The minimum Gasteiger partial charge on any atom is -0.497 e. The van der Waals surface area contributed by atoms with Gasteiger partial charge >= 0.3 is 5.97 Å². The fourth-order valence-corrected chi connectivity index (χ4v) is 4.44.